The lowest BCUT2D eigenvalue weighted by Gasteiger charge is -2.37. The average Bonchev–Trinajstić information content (AvgIpc) is 3.70. The monoisotopic (exact) mass is 551 g/mol. The first-order valence-electron chi connectivity index (χ1n) is 13.0. The molecule has 3 aliphatic rings. The summed E-state index contributed by atoms with van der Waals surface area (Å²) in [7, 11) is 1.59. The van der Waals surface area contributed by atoms with Crippen molar-refractivity contribution in [1.82, 2.24) is 5.32 Å². The molecule has 2 heterocycles. The highest BCUT2D eigenvalue weighted by Gasteiger charge is 2.53. The highest BCUT2D eigenvalue weighted by atomic mass is 19.3. The van der Waals surface area contributed by atoms with Gasteiger partial charge in [-0.25, -0.2) is 4.79 Å². The van der Waals surface area contributed by atoms with Crippen molar-refractivity contribution < 1.29 is 42.4 Å². The maximum Gasteiger partial charge on any atom is 0.586 e. The topological polar surface area (TPSA) is 103 Å². The third-order valence-electron chi connectivity index (χ3n) is 7.82. The number of aromatic carboxylic acids is 1. The Balaban J connectivity index is 1.23. The number of fused-ring (bicyclic) bond motifs is 1. The molecule has 0 bridgehead atoms. The third-order valence-corrected chi connectivity index (χ3v) is 7.82. The van der Waals surface area contributed by atoms with Crippen molar-refractivity contribution in [3.05, 3.63) is 89.0 Å². The first-order chi connectivity index (χ1) is 19.2. The minimum atomic E-state index is -3.73. The minimum Gasteiger partial charge on any atom is -0.497 e. The van der Waals surface area contributed by atoms with Crippen LogP contribution in [-0.4, -0.2) is 36.4 Å². The lowest BCUT2D eigenvalue weighted by atomic mass is 9.89. The van der Waals surface area contributed by atoms with Crippen LogP contribution in [0, 0.1) is 0 Å². The number of halogens is 2. The van der Waals surface area contributed by atoms with E-state index in [4.69, 9.17) is 9.47 Å². The fourth-order valence-electron chi connectivity index (χ4n) is 5.47. The van der Waals surface area contributed by atoms with Gasteiger partial charge < -0.3 is 29.4 Å². The molecule has 3 atom stereocenters. The maximum absolute atomic E-state index is 13.7. The molecule has 0 radical (unpaired) electrons. The van der Waals surface area contributed by atoms with E-state index >= 15 is 0 Å². The molecule has 1 amide bonds. The fraction of sp³-hybridized carbons (Fsp3) is 0.333. The summed E-state index contributed by atoms with van der Waals surface area (Å²) in [5, 5.41) is 12.5. The summed E-state index contributed by atoms with van der Waals surface area (Å²) in [5.41, 5.74) is 1.67. The van der Waals surface area contributed by atoms with Gasteiger partial charge in [-0.05, 0) is 78.8 Å². The van der Waals surface area contributed by atoms with Crippen molar-refractivity contribution in [3.63, 3.8) is 0 Å². The first kappa shape index (κ1) is 26.1. The van der Waals surface area contributed by atoms with Crippen molar-refractivity contribution in [2.45, 2.75) is 55.6 Å². The van der Waals surface area contributed by atoms with Crippen LogP contribution >= 0.6 is 0 Å². The van der Waals surface area contributed by atoms with Crippen LogP contribution in [0.1, 0.15) is 64.9 Å². The molecule has 10 heteroatoms. The number of hydrogen-bond donors (Lipinski definition) is 2. The quantitative estimate of drug-likeness (QED) is 0.398. The number of carbonyl (C=O) groups is 2. The summed E-state index contributed by atoms with van der Waals surface area (Å²) in [6.07, 6.45) is -2.29. The number of alkyl halides is 2. The Bertz CT molecular complexity index is 1440. The lowest BCUT2D eigenvalue weighted by Crippen LogP contribution is -2.45. The smallest absolute Gasteiger partial charge is 0.497 e. The number of nitrogens with one attached hydrogen (secondary N) is 1. The number of amides is 1. The van der Waals surface area contributed by atoms with E-state index < -0.39 is 23.8 Å². The van der Waals surface area contributed by atoms with Crippen LogP contribution in [0.2, 0.25) is 0 Å². The van der Waals surface area contributed by atoms with Crippen molar-refractivity contribution in [3.8, 4) is 17.2 Å². The van der Waals surface area contributed by atoms with Crippen molar-refractivity contribution >= 4 is 11.9 Å². The van der Waals surface area contributed by atoms with Crippen LogP contribution in [0.5, 0.6) is 17.2 Å². The van der Waals surface area contributed by atoms with Gasteiger partial charge in [0.15, 0.2) is 11.5 Å². The minimum absolute atomic E-state index is 0.0616. The van der Waals surface area contributed by atoms with Gasteiger partial charge in [-0.1, -0.05) is 30.3 Å². The van der Waals surface area contributed by atoms with Crippen LogP contribution in [0.15, 0.2) is 66.7 Å². The van der Waals surface area contributed by atoms with E-state index in [0.29, 0.717) is 37.0 Å². The zero-order valence-corrected chi connectivity index (χ0v) is 21.6. The molecule has 1 saturated carbocycles. The average molecular weight is 552 g/mol. The van der Waals surface area contributed by atoms with E-state index in [2.05, 4.69) is 14.8 Å². The number of benzene rings is 3. The molecule has 6 rings (SSSR count). The van der Waals surface area contributed by atoms with Gasteiger partial charge in [-0.3, -0.25) is 4.79 Å². The Kier molecular flexibility index (Phi) is 6.37. The van der Waals surface area contributed by atoms with Gasteiger partial charge in [-0.15, -0.1) is 8.78 Å². The van der Waals surface area contributed by atoms with Crippen LogP contribution < -0.4 is 19.5 Å². The van der Waals surface area contributed by atoms with E-state index in [1.165, 1.54) is 24.3 Å². The van der Waals surface area contributed by atoms with Crippen LogP contribution in [0.25, 0.3) is 0 Å². The largest absolute Gasteiger partial charge is 0.586 e. The van der Waals surface area contributed by atoms with Crippen LogP contribution in [0.3, 0.4) is 0 Å². The van der Waals surface area contributed by atoms with Gasteiger partial charge in [0.25, 0.3) is 0 Å². The van der Waals surface area contributed by atoms with Crippen molar-refractivity contribution in [2.75, 3.05) is 7.11 Å². The molecule has 208 valence electrons. The molecule has 3 aromatic rings. The summed E-state index contributed by atoms with van der Waals surface area (Å²) >= 11 is 0. The molecule has 0 aromatic heterocycles. The molecule has 0 spiro atoms. The normalized spacial score (nSPS) is 23.7. The van der Waals surface area contributed by atoms with Crippen LogP contribution in [-0.2, 0) is 14.9 Å². The van der Waals surface area contributed by atoms with Crippen molar-refractivity contribution in [2.24, 2.45) is 0 Å². The maximum atomic E-state index is 13.7. The predicted molar refractivity (Wildman–Crippen MR) is 138 cm³/mol. The highest BCUT2D eigenvalue weighted by Crippen LogP contribution is 2.52. The predicted octanol–water partition coefficient (Wildman–Crippen LogP) is 5.52. The van der Waals surface area contributed by atoms with E-state index in [9.17, 15) is 23.5 Å². The number of rotatable bonds is 7. The number of carbonyl (C=O) groups excluding carboxylic acids is 1. The molecule has 2 aliphatic heterocycles. The third kappa shape index (κ3) is 4.95. The van der Waals surface area contributed by atoms with Gasteiger partial charge in [0.05, 0.1) is 30.3 Å². The second kappa shape index (κ2) is 9.78. The lowest BCUT2D eigenvalue weighted by molar-refractivity contribution is -0.286. The van der Waals surface area contributed by atoms with Gasteiger partial charge in [0, 0.05) is 6.04 Å². The zero-order chi connectivity index (χ0) is 28.1. The second-order valence-electron chi connectivity index (χ2n) is 10.4. The molecule has 1 saturated heterocycles. The summed E-state index contributed by atoms with van der Waals surface area (Å²) in [4.78, 5) is 25.0. The Hall–Kier alpha value is -4.18. The van der Waals surface area contributed by atoms with Crippen LogP contribution in [0.4, 0.5) is 8.78 Å². The number of carboxylic acid groups (broad SMARTS) is 1. The summed E-state index contributed by atoms with van der Waals surface area (Å²) in [5.74, 6) is -0.634. The van der Waals surface area contributed by atoms with E-state index in [-0.39, 0.29) is 35.1 Å². The molecular weight excluding hydrogens is 524 g/mol. The van der Waals surface area contributed by atoms with Crippen molar-refractivity contribution in [1.29, 1.82) is 0 Å². The SMILES string of the molecule is COc1ccc([C@H]2C[C@@H](NC(=O)C3(c4ccc5c(c4)OC(F)(F)O5)CC3)C[C@@H](c3ccc(C(=O)O)cc3)O2)cc1. The Morgan fingerprint density at radius 1 is 0.900 bits per heavy atom. The number of carboxylic acids is 1. The number of ether oxygens (including phenoxy) is 4. The standard InChI is InChI=1S/C30H27F2NO7/c1-37-22-9-6-18(7-10-22)25-16-21(15-24(38-25)17-2-4-19(5-3-17)27(34)35)33-28(36)29(12-13-29)20-8-11-23-26(14-20)40-30(31,32)39-23/h2-11,14,21,24-25H,12-13,15-16H2,1H3,(H,33,36)(H,34,35)/t21-,24-,25+/m0/s1. The highest BCUT2D eigenvalue weighted by molar-refractivity contribution is 5.91. The molecule has 3 aromatic carbocycles. The Morgan fingerprint density at radius 3 is 2.08 bits per heavy atom. The van der Waals surface area contributed by atoms with E-state index in [0.717, 1.165) is 11.1 Å². The Labute approximate surface area is 228 Å². The van der Waals surface area contributed by atoms with Gasteiger partial charge in [0.1, 0.15) is 5.75 Å². The molecule has 1 aliphatic carbocycles. The number of hydrogen-bond acceptors (Lipinski definition) is 6. The number of methoxy groups -OCH3 is 1. The first-order valence-corrected chi connectivity index (χ1v) is 13.0. The van der Waals surface area contributed by atoms with Gasteiger partial charge >= 0.3 is 12.3 Å². The molecule has 40 heavy (non-hydrogen) atoms. The fourth-order valence-corrected chi connectivity index (χ4v) is 5.47. The summed E-state index contributed by atoms with van der Waals surface area (Å²) in [6.45, 7) is 0. The summed E-state index contributed by atoms with van der Waals surface area (Å²) < 4.78 is 47.9. The Morgan fingerprint density at radius 2 is 1.50 bits per heavy atom. The van der Waals surface area contributed by atoms with E-state index in [1.54, 1.807) is 25.3 Å². The zero-order valence-electron chi connectivity index (χ0n) is 21.6. The molecular formula is C30H27F2NO7. The summed E-state index contributed by atoms with van der Waals surface area (Å²) in [6, 6.07) is 18.3. The molecule has 8 nitrogen and oxygen atoms in total. The molecule has 0 unspecified atom stereocenters. The molecule has 2 fully saturated rings. The van der Waals surface area contributed by atoms with Gasteiger partial charge in [0.2, 0.25) is 5.91 Å². The second-order valence-corrected chi connectivity index (χ2v) is 10.4. The van der Waals surface area contributed by atoms with E-state index in [1.807, 2.05) is 24.3 Å². The molecule has 2 N–H and O–H groups in total. The van der Waals surface area contributed by atoms with Gasteiger partial charge in [-0.2, -0.15) is 0 Å².